The molecular formula is C16H30N2. The zero-order chi connectivity index (χ0) is 12.7. The molecule has 104 valence electrons. The normalized spacial score (nSPS) is 49.5. The molecule has 0 aromatic carbocycles. The van der Waals surface area contributed by atoms with Gasteiger partial charge in [0.05, 0.1) is 0 Å². The number of rotatable bonds is 2. The molecule has 2 nitrogen and oxygen atoms in total. The third-order valence-corrected chi connectivity index (χ3v) is 6.02. The fourth-order valence-corrected chi connectivity index (χ4v) is 4.94. The molecule has 2 heterocycles. The number of hydrogen-bond donors (Lipinski definition) is 1. The third-order valence-electron chi connectivity index (χ3n) is 6.02. The van der Waals surface area contributed by atoms with Gasteiger partial charge in [-0.15, -0.1) is 0 Å². The van der Waals surface area contributed by atoms with Crippen molar-refractivity contribution in [3.8, 4) is 0 Å². The largest absolute Gasteiger partial charge is 0.316 e. The maximum absolute atomic E-state index is 3.61. The molecule has 1 saturated carbocycles. The molecule has 2 heteroatoms. The summed E-state index contributed by atoms with van der Waals surface area (Å²) in [5.74, 6) is 3.75. The zero-order valence-electron chi connectivity index (χ0n) is 12.4. The monoisotopic (exact) mass is 250 g/mol. The summed E-state index contributed by atoms with van der Waals surface area (Å²) in [6, 6.07) is 1.74. The lowest BCUT2D eigenvalue weighted by atomic mass is 9.79. The van der Waals surface area contributed by atoms with Crippen LogP contribution in [0.2, 0.25) is 0 Å². The Morgan fingerprint density at radius 2 is 2.00 bits per heavy atom. The van der Waals surface area contributed by atoms with Crippen molar-refractivity contribution >= 4 is 0 Å². The van der Waals surface area contributed by atoms with Crippen LogP contribution in [-0.2, 0) is 0 Å². The van der Waals surface area contributed by atoms with Crippen LogP contribution >= 0.6 is 0 Å². The lowest BCUT2D eigenvalue weighted by Gasteiger charge is -2.42. The molecule has 6 atom stereocenters. The molecule has 0 aromatic heterocycles. The van der Waals surface area contributed by atoms with E-state index in [1.54, 1.807) is 0 Å². The van der Waals surface area contributed by atoms with Gasteiger partial charge < -0.3 is 5.32 Å². The lowest BCUT2D eigenvalue weighted by molar-refractivity contribution is 0.0680. The summed E-state index contributed by atoms with van der Waals surface area (Å²) in [4.78, 5) is 2.93. The van der Waals surface area contributed by atoms with Gasteiger partial charge in [0.1, 0.15) is 0 Å². The molecule has 0 bridgehead atoms. The summed E-state index contributed by atoms with van der Waals surface area (Å²) in [6.07, 6.45) is 5.70. The second kappa shape index (κ2) is 5.13. The van der Waals surface area contributed by atoms with Crippen LogP contribution in [-0.4, -0.2) is 36.6 Å². The number of likely N-dealkylation sites (tertiary alicyclic amines) is 1. The zero-order valence-corrected chi connectivity index (χ0v) is 12.4. The topological polar surface area (TPSA) is 15.3 Å². The van der Waals surface area contributed by atoms with Crippen molar-refractivity contribution in [3.63, 3.8) is 0 Å². The van der Waals surface area contributed by atoms with Crippen LogP contribution in [0.5, 0.6) is 0 Å². The van der Waals surface area contributed by atoms with Crippen molar-refractivity contribution < 1.29 is 0 Å². The summed E-state index contributed by atoms with van der Waals surface area (Å²) >= 11 is 0. The van der Waals surface area contributed by atoms with E-state index in [1.807, 2.05) is 0 Å². The van der Waals surface area contributed by atoms with Crippen LogP contribution in [0.4, 0.5) is 0 Å². The van der Waals surface area contributed by atoms with E-state index >= 15 is 0 Å². The Morgan fingerprint density at radius 3 is 2.78 bits per heavy atom. The van der Waals surface area contributed by atoms with Crippen LogP contribution < -0.4 is 5.32 Å². The first-order valence-corrected chi connectivity index (χ1v) is 8.17. The van der Waals surface area contributed by atoms with E-state index in [2.05, 4.69) is 31.0 Å². The van der Waals surface area contributed by atoms with Crippen LogP contribution in [0, 0.1) is 23.7 Å². The second-order valence-electron chi connectivity index (χ2n) is 7.22. The predicted octanol–water partition coefficient (Wildman–Crippen LogP) is 2.74. The molecule has 3 fully saturated rings. The van der Waals surface area contributed by atoms with Gasteiger partial charge in [-0.1, -0.05) is 27.2 Å². The fraction of sp³-hybridized carbons (Fsp3) is 1.00. The van der Waals surface area contributed by atoms with E-state index < -0.39 is 0 Å². The highest BCUT2D eigenvalue weighted by molar-refractivity contribution is 5.01. The molecule has 18 heavy (non-hydrogen) atoms. The Kier molecular flexibility index (Phi) is 3.68. The third kappa shape index (κ3) is 2.12. The van der Waals surface area contributed by atoms with Gasteiger partial charge in [0, 0.05) is 18.6 Å². The molecular weight excluding hydrogens is 220 g/mol. The molecule has 0 aromatic rings. The molecule has 0 radical (unpaired) electrons. The quantitative estimate of drug-likeness (QED) is 0.811. The van der Waals surface area contributed by atoms with E-state index in [4.69, 9.17) is 0 Å². The standard InChI is InChI=1S/C16H30N2/c1-4-15-14-9-17-8-13(14)10-18(15)16-7-11(2)5-6-12(16)3/h11-17H,4-10H2,1-3H3. The van der Waals surface area contributed by atoms with Crippen LogP contribution in [0.1, 0.15) is 46.5 Å². The van der Waals surface area contributed by atoms with Crippen LogP contribution in [0.25, 0.3) is 0 Å². The van der Waals surface area contributed by atoms with E-state index in [-0.39, 0.29) is 0 Å². The summed E-state index contributed by atoms with van der Waals surface area (Å²) in [6.45, 7) is 11.3. The molecule has 3 rings (SSSR count). The van der Waals surface area contributed by atoms with Crippen LogP contribution in [0.15, 0.2) is 0 Å². The molecule has 2 aliphatic heterocycles. The van der Waals surface area contributed by atoms with Crippen molar-refractivity contribution in [3.05, 3.63) is 0 Å². The van der Waals surface area contributed by atoms with Crippen molar-refractivity contribution in [2.45, 2.75) is 58.5 Å². The maximum atomic E-state index is 3.61. The number of nitrogens with one attached hydrogen (secondary N) is 1. The van der Waals surface area contributed by atoms with Gasteiger partial charge in [0.25, 0.3) is 0 Å². The summed E-state index contributed by atoms with van der Waals surface area (Å²) in [5.41, 5.74) is 0. The second-order valence-corrected chi connectivity index (χ2v) is 7.22. The first-order valence-electron chi connectivity index (χ1n) is 8.17. The summed E-state index contributed by atoms with van der Waals surface area (Å²) in [7, 11) is 0. The molecule has 0 amide bonds. The Hall–Kier alpha value is -0.0800. The summed E-state index contributed by atoms with van der Waals surface area (Å²) in [5, 5.41) is 3.61. The van der Waals surface area contributed by atoms with Gasteiger partial charge in [-0.3, -0.25) is 4.90 Å². The van der Waals surface area contributed by atoms with Crippen LogP contribution in [0.3, 0.4) is 0 Å². The molecule has 1 N–H and O–H groups in total. The molecule has 3 aliphatic rings. The van der Waals surface area contributed by atoms with E-state index in [0.717, 1.165) is 35.8 Å². The minimum absolute atomic E-state index is 0.864. The first kappa shape index (κ1) is 12.9. The number of hydrogen-bond acceptors (Lipinski definition) is 2. The lowest BCUT2D eigenvalue weighted by Crippen LogP contribution is -2.47. The van der Waals surface area contributed by atoms with Crippen molar-refractivity contribution in [1.29, 1.82) is 0 Å². The number of fused-ring (bicyclic) bond motifs is 1. The first-order chi connectivity index (χ1) is 8.70. The average Bonchev–Trinajstić information content (AvgIpc) is 2.91. The Morgan fingerprint density at radius 1 is 1.17 bits per heavy atom. The highest BCUT2D eigenvalue weighted by atomic mass is 15.2. The van der Waals surface area contributed by atoms with E-state index in [0.29, 0.717) is 0 Å². The smallest absolute Gasteiger partial charge is 0.0140 e. The highest BCUT2D eigenvalue weighted by Gasteiger charge is 2.46. The van der Waals surface area contributed by atoms with E-state index in [1.165, 1.54) is 45.3 Å². The molecule has 2 saturated heterocycles. The van der Waals surface area contributed by atoms with Crippen molar-refractivity contribution in [2.75, 3.05) is 19.6 Å². The SMILES string of the molecule is CCC1C2CNCC2CN1C1CC(C)CCC1C. The maximum Gasteiger partial charge on any atom is 0.0140 e. The minimum Gasteiger partial charge on any atom is -0.316 e. The fourth-order valence-electron chi connectivity index (χ4n) is 4.94. The Balaban J connectivity index is 1.74. The van der Waals surface area contributed by atoms with Gasteiger partial charge >= 0.3 is 0 Å². The molecule has 0 spiro atoms. The van der Waals surface area contributed by atoms with Gasteiger partial charge in [-0.05, 0) is 56.0 Å². The predicted molar refractivity (Wildman–Crippen MR) is 76.6 cm³/mol. The van der Waals surface area contributed by atoms with Gasteiger partial charge in [0.2, 0.25) is 0 Å². The number of nitrogens with zero attached hydrogens (tertiary/aromatic N) is 1. The minimum atomic E-state index is 0.864. The van der Waals surface area contributed by atoms with E-state index in [9.17, 15) is 0 Å². The Labute approximate surface area is 113 Å². The average molecular weight is 250 g/mol. The molecule has 1 aliphatic carbocycles. The van der Waals surface area contributed by atoms with Gasteiger partial charge in [-0.25, -0.2) is 0 Å². The summed E-state index contributed by atoms with van der Waals surface area (Å²) < 4.78 is 0. The van der Waals surface area contributed by atoms with Crippen molar-refractivity contribution in [2.24, 2.45) is 23.7 Å². The highest BCUT2D eigenvalue weighted by Crippen LogP contribution is 2.41. The Bertz CT molecular complexity index is 291. The molecule has 6 unspecified atom stereocenters. The van der Waals surface area contributed by atoms with Gasteiger partial charge in [-0.2, -0.15) is 0 Å². The van der Waals surface area contributed by atoms with Gasteiger partial charge in [0.15, 0.2) is 0 Å². The van der Waals surface area contributed by atoms with Crippen molar-refractivity contribution in [1.82, 2.24) is 10.2 Å².